The van der Waals surface area contributed by atoms with Gasteiger partial charge in [0, 0.05) is 12.5 Å². The molecule has 1 aliphatic rings. The van der Waals surface area contributed by atoms with Gasteiger partial charge in [-0.3, -0.25) is 0 Å². The lowest BCUT2D eigenvalue weighted by Gasteiger charge is -2.27. The fraction of sp³-hybridized carbons (Fsp3) is 0.818. The summed E-state index contributed by atoms with van der Waals surface area (Å²) in [6, 6.07) is 0.752. The molecule has 0 amide bonds. The number of nitrogens with one attached hydrogen (secondary N) is 1. The molecule has 0 heterocycles. The van der Waals surface area contributed by atoms with E-state index in [1.807, 2.05) is 6.92 Å². The Labute approximate surface area is 75.9 Å². The van der Waals surface area contributed by atoms with Crippen molar-refractivity contribution in [3.63, 3.8) is 0 Å². The Balaban J connectivity index is 2.28. The molecular formula is C11H19N. The number of rotatable bonds is 2. The second kappa shape index (κ2) is 5.22. The summed E-state index contributed by atoms with van der Waals surface area (Å²) in [5.74, 6) is 7.01. The molecule has 0 radical (unpaired) electrons. The zero-order valence-electron chi connectivity index (χ0n) is 8.19. The van der Waals surface area contributed by atoms with Crippen LogP contribution in [0.2, 0.25) is 0 Å². The Morgan fingerprint density at radius 1 is 1.42 bits per heavy atom. The monoisotopic (exact) mass is 165 g/mol. The standard InChI is InChI=1S/C11H19N/c1-3-4-6-10-7-5-8-11(9-10)12-2/h10-12H,5-9H2,1-2H3. The van der Waals surface area contributed by atoms with Crippen molar-refractivity contribution in [1.82, 2.24) is 5.32 Å². The van der Waals surface area contributed by atoms with Gasteiger partial charge in [0.05, 0.1) is 0 Å². The number of hydrogen-bond donors (Lipinski definition) is 1. The van der Waals surface area contributed by atoms with E-state index in [2.05, 4.69) is 24.2 Å². The molecule has 1 saturated carbocycles. The van der Waals surface area contributed by atoms with Crippen LogP contribution in [0.3, 0.4) is 0 Å². The maximum Gasteiger partial charge on any atom is 0.0117 e. The van der Waals surface area contributed by atoms with Crippen LogP contribution in [0.15, 0.2) is 0 Å². The van der Waals surface area contributed by atoms with Crippen molar-refractivity contribution < 1.29 is 0 Å². The van der Waals surface area contributed by atoms with E-state index in [0.717, 1.165) is 18.4 Å². The van der Waals surface area contributed by atoms with Crippen molar-refractivity contribution in [2.45, 2.75) is 45.1 Å². The molecule has 0 aromatic heterocycles. The molecule has 2 atom stereocenters. The first-order chi connectivity index (χ1) is 5.86. The van der Waals surface area contributed by atoms with Crippen LogP contribution in [0.1, 0.15) is 39.0 Å². The van der Waals surface area contributed by atoms with Crippen LogP contribution in [0.4, 0.5) is 0 Å². The van der Waals surface area contributed by atoms with Crippen molar-refractivity contribution in [1.29, 1.82) is 0 Å². The molecule has 1 fully saturated rings. The molecule has 12 heavy (non-hydrogen) atoms. The Hall–Kier alpha value is -0.480. The summed E-state index contributed by atoms with van der Waals surface area (Å²) in [5.41, 5.74) is 0. The highest BCUT2D eigenvalue weighted by Crippen LogP contribution is 2.26. The van der Waals surface area contributed by atoms with Gasteiger partial charge in [-0.05, 0) is 39.2 Å². The predicted octanol–water partition coefficient (Wildman–Crippen LogP) is 2.18. The quantitative estimate of drug-likeness (QED) is 0.618. The fourth-order valence-corrected chi connectivity index (χ4v) is 1.98. The lowest BCUT2D eigenvalue weighted by molar-refractivity contribution is 0.300. The van der Waals surface area contributed by atoms with Crippen LogP contribution in [-0.2, 0) is 0 Å². The minimum atomic E-state index is 0.752. The van der Waals surface area contributed by atoms with Gasteiger partial charge in [0.15, 0.2) is 0 Å². The van der Waals surface area contributed by atoms with Crippen molar-refractivity contribution in [3.8, 4) is 11.8 Å². The summed E-state index contributed by atoms with van der Waals surface area (Å²) in [4.78, 5) is 0. The van der Waals surface area contributed by atoms with Crippen LogP contribution in [0.5, 0.6) is 0 Å². The summed E-state index contributed by atoms with van der Waals surface area (Å²) in [5, 5.41) is 3.36. The van der Waals surface area contributed by atoms with E-state index in [4.69, 9.17) is 0 Å². The van der Waals surface area contributed by atoms with Gasteiger partial charge in [-0.25, -0.2) is 0 Å². The zero-order valence-corrected chi connectivity index (χ0v) is 8.19. The lowest BCUT2D eigenvalue weighted by Crippen LogP contribution is -2.31. The van der Waals surface area contributed by atoms with Crippen LogP contribution in [0.25, 0.3) is 0 Å². The van der Waals surface area contributed by atoms with Crippen molar-refractivity contribution in [2.75, 3.05) is 7.05 Å². The maximum absolute atomic E-state index is 3.36. The SMILES string of the molecule is CC#CCC1CCCC(NC)C1. The minimum Gasteiger partial charge on any atom is -0.317 e. The third-order valence-corrected chi connectivity index (χ3v) is 2.76. The molecule has 1 N–H and O–H groups in total. The Bertz CT molecular complexity index is 175. The summed E-state index contributed by atoms with van der Waals surface area (Å²) >= 11 is 0. The second-order valence-electron chi connectivity index (χ2n) is 3.65. The van der Waals surface area contributed by atoms with Crippen molar-refractivity contribution >= 4 is 0 Å². The molecule has 0 aromatic rings. The smallest absolute Gasteiger partial charge is 0.0117 e. The lowest BCUT2D eigenvalue weighted by atomic mass is 9.84. The Kier molecular flexibility index (Phi) is 4.18. The molecule has 1 nitrogen and oxygen atoms in total. The van der Waals surface area contributed by atoms with Crippen molar-refractivity contribution in [2.24, 2.45) is 5.92 Å². The molecule has 1 rings (SSSR count). The van der Waals surface area contributed by atoms with E-state index in [1.54, 1.807) is 0 Å². The van der Waals surface area contributed by atoms with Gasteiger partial charge in [0.2, 0.25) is 0 Å². The summed E-state index contributed by atoms with van der Waals surface area (Å²) in [6.45, 7) is 1.93. The maximum atomic E-state index is 3.36. The first-order valence-corrected chi connectivity index (χ1v) is 4.93. The minimum absolute atomic E-state index is 0.752. The van der Waals surface area contributed by atoms with Crippen LogP contribution in [0, 0.1) is 17.8 Å². The Morgan fingerprint density at radius 3 is 2.92 bits per heavy atom. The fourth-order valence-electron chi connectivity index (χ4n) is 1.98. The van der Waals surface area contributed by atoms with Crippen LogP contribution in [-0.4, -0.2) is 13.1 Å². The largest absolute Gasteiger partial charge is 0.317 e. The van der Waals surface area contributed by atoms with Gasteiger partial charge in [-0.15, -0.1) is 11.8 Å². The average Bonchev–Trinajstić information content (AvgIpc) is 2.15. The highest BCUT2D eigenvalue weighted by atomic mass is 14.9. The van der Waals surface area contributed by atoms with Gasteiger partial charge in [0.1, 0.15) is 0 Å². The highest BCUT2D eigenvalue weighted by Gasteiger charge is 2.19. The van der Waals surface area contributed by atoms with E-state index in [-0.39, 0.29) is 0 Å². The second-order valence-corrected chi connectivity index (χ2v) is 3.65. The summed E-state index contributed by atoms with van der Waals surface area (Å²) in [7, 11) is 2.07. The average molecular weight is 165 g/mol. The first-order valence-electron chi connectivity index (χ1n) is 4.93. The molecule has 0 aliphatic heterocycles. The van der Waals surface area contributed by atoms with E-state index in [9.17, 15) is 0 Å². The van der Waals surface area contributed by atoms with Gasteiger partial charge >= 0.3 is 0 Å². The summed E-state index contributed by atoms with van der Waals surface area (Å²) in [6.07, 6.45) is 6.54. The van der Waals surface area contributed by atoms with Gasteiger partial charge in [-0.1, -0.05) is 6.42 Å². The third-order valence-electron chi connectivity index (χ3n) is 2.76. The van der Waals surface area contributed by atoms with E-state index >= 15 is 0 Å². The number of hydrogen-bond acceptors (Lipinski definition) is 1. The zero-order chi connectivity index (χ0) is 8.81. The van der Waals surface area contributed by atoms with E-state index in [1.165, 1.54) is 25.7 Å². The van der Waals surface area contributed by atoms with Crippen molar-refractivity contribution in [3.05, 3.63) is 0 Å². The van der Waals surface area contributed by atoms with E-state index < -0.39 is 0 Å². The third kappa shape index (κ3) is 2.87. The Morgan fingerprint density at radius 2 is 2.25 bits per heavy atom. The first kappa shape index (κ1) is 9.61. The van der Waals surface area contributed by atoms with Gasteiger partial charge in [0.25, 0.3) is 0 Å². The predicted molar refractivity (Wildman–Crippen MR) is 52.9 cm³/mol. The highest BCUT2D eigenvalue weighted by molar-refractivity contribution is 4.97. The van der Waals surface area contributed by atoms with Crippen LogP contribution >= 0.6 is 0 Å². The molecule has 2 unspecified atom stereocenters. The molecular weight excluding hydrogens is 146 g/mol. The molecule has 68 valence electrons. The van der Waals surface area contributed by atoms with E-state index in [0.29, 0.717) is 0 Å². The molecule has 0 bridgehead atoms. The normalized spacial score (nSPS) is 29.2. The topological polar surface area (TPSA) is 12.0 Å². The summed E-state index contributed by atoms with van der Waals surface area (Å²) < 4.78 is 0. The molecule has 0 spiro atoms. The molecule has 0 aromatic carbocycles. The van der Waals surface area contributed by atoms with Gasteiger partial charge < -0.3 is 5.32 Å². The van der Waals surface area contributed by atoms with Gasteiger partial charge in [-0.2, -0.15) is 0 Å². The molecule has 1 heteroatoms. The molecule has 0 saturated heterocycles. The van der Waals surface area contributed by atoms with Crippen LogP contribution < -0.4 is 5.32 Å². The molecule has 1 aliphatic carbocycles.